The van der Waals surface area contributed by atoms with Crippen LogP contribution in [0.25, 0.3) is 0 Å². The molecule has 3 aromatic rings. The fraction of sp³-hybridized carbons (Fsp3) is 0.231. The van der Waals surface area contributed by atoms with Gasteiger partial charge in [0.25, 0.3) is 5.91 Å². The molecule has 3 rings (SSSR count). The molecule has 6 heteroatoms. The summed E-state index contributed by atoms with van der Waals surface area (Å²) in [6.45, 7) is 7.15. The Balaban J connectivity index is 1.60. The van der Waals surface area contributed by atoms with E-state index in [9.17, 15) is 4.79 Å². The number of ether oxygens (including phenoxy) is 2. The summed E-state index contributed by atoms with van der Waals surface area (Å²) in [6.07, 6.45) is 1.57. The van der Waals surface area contributed by atoms with Gasteiger partial charge in [0.05, 0.1) is 6.21 Å². The largest absolute Gasteiger partial charge is 0.490 e. The maximum absolute atomic E-state index is 12.1. The van der Waals surface area contributed by atoms with Gasteiger partial charge in [-0.2, -0.15) is 5.10 Å². The van der Waals surface area contributed by atoms with Crippen molar-refractivity contribution in [1.29, 1.82) is 0 Å². The van der Waals surface area contributed by atoms with Gasteiger partial charge in [-0.3, -0.25) is 4.79 Å². The van der Waals surface area contributed by atoms with Crippen LogP contribution in [0.1, 0.15) is 46.8 Å². The lowest BCUT2D eigenvalue weighted by atomic mass is 10.0. The molecule has 0 aliphatic rings. The molecule has 0 saturated heterocycles. The number of hydrogen-bond acceptors (Lipinski definition) is 4. The van der Waals surface area contributed by atoms with Crippen molar-refractivity contribution in [2.45, 2.75) is 26.7 Å². The van der Waals surface area contributed by atoms with Crippen molar-refractivity contribution in [2.75, 3.05) is 13.2 Å². The summed E-state index contributed by atoms with van der Waals surface area (Å²) < 4.78 is 12.8. The van der Waals surface area contributed by atoms with Gasteiger partial charge in [-0.25, -0.2) is 5.43 Å². The Hall–Kier alpha value is -3.12. The summed E-state index contributed by atoms with van der Waals surface area (Å²) in [5, 5.41) is 4.08. The van der Waals surface area contributed by atoms with Crippen LogP contribution in [0, 0.1) is 6.92 Å². The van der Waals surface area contributed by atoms with Crippen LogP contribution in [0.15, 0.2) is 76.3 Å². The summed E-state index contributed by atoms with van der Waals surface area (Å²) in [6, 6.07) is 20.8. The van der Waals surface area contributed by atoms with E-state index < -0.39 is 0 Å². The Labute approximate surface area is 197 Å². The predicted octanol–water partition coefficient (Wildman–Crippen LogP) is 6.10. The van der Waals surface area contributed by atoms with Crippen LogP contribution in [-0.2, 0) is 0 Å². The van der Waals surface area contributed by atoms with Crippen LogP contribution >= 0.6 is 15.9 Å². The molecule has 0 unspecified atom stereocenters. The third kappa shape index (κ3) is 6.69. The molecule has 166 valence electrons. The highest BCUT2D eigenvalue weighted by atomic mass is 79.9. The maximum atomic E-state index is 12.1. The summed E-state index contributed by atoms with van der Waals surface area (Å²) >= 11 is 3.47. The highest BCUT2D eigenvalue weighted by molar-refractivity contribution is 9.10. The van der Waals surface area contributed by atoms with Crippen molar-refractivity contribution < 1.29 is 14.3 Å². The van der Waals surface area contributed by atoms with E-state index in [0.717, 1.165) is 21.3 Å². The smallest absolute Gasteiger partial charge is 0.271 e. The van der Waals surface area contributed by atoms with Crippen molar-refractivity contribution in [3.8, 4) is 11.5 Å². The number of benzene rings is 3. The van der Waals surface area contributed by atoms with Crippen LogP contribution in [0.4, 0.5) is 0 Å². The Morgan fingerprint density at radius 1 is 1.00 bits per heavy atom. The van der Waals surface area contributed by atoms with E-state index in [1.165, 1.54) is 5.56 Å². The average molecular weight is 495 g/mol. The number of aryl methyl sites for hydroxylation is 1. The van der Waals surface area contributed by atoms with Gasteiger partial charge in [0, 0.05) is 15.6 Å². The number of carbonyl (C=O) groups is 1. The van der Waals surface area contributed by atoms with Crippen molar-refractivity contribution >= 4 is 28.1 Å². The van der Waals surface area contributed by atoms with E-state index in [0.29, 0.717) is 30.4 Å². The first-order valence-electron chi connectivity index (χ1n) is 10.5. The summed E-state index contributed by atoms with van der Waals surface area (Å²) in [4.78, 5) is 12.1. The molecule has 0 aliphatic carbocycles. The van der Waals surface area contributed by atoms with Gasteiger partial charge in [0.2, 0.25) is 0 Å². The lowest BCUT2D eigenvalue weighted by molar-refractivity contribution is 0.0955. The van der Waals surface area contributed by atoms with E-state index >= 15 is 0 Å². The second kappa shape index (κ2) is 11.5. The van der Waals surface area contributed by atoms with Crippen LogP contribution in [0.2, 0.25) is 0 Å². The average Bonchev–Trinajstić information content (AvgIpc) is 2.78. The molecule has 5 nitrogen and oxygen atoms in total. The summed E-state index contributed by atoms with van der Waals surface area (Å²) in [7, 11) is 0. The lowest BCUT2D eigenvalue weighted by Crippen LogP contribution is -2.17. The molecule has 0 bridgehead atoms. The molecule has 0 fully saturated rings. The molecule has 1 N–H and O–H groups in total. The predicted molar refractivity (Wildman–Crippen MR) is 132 cm³/mol. The first-order chi connectivity index (χ1) is 15.4. The lowest BCUT2D eigenvalue weighted by Gasteiger charge is -2.15. The molecular weight excluding hydrogens is 468 g/mol. The molecule has 32 heavy (non-hydrogen) atoms. The van der Waals surface area contributed by atoms with Gasteiger partial charge < -0.3 is 9.47 Å². The van der Waals surface area contributed by atoms with Crippen LogP contribution in [0.3, 0.4) is 0 Å². The molecular formula is C26H27BrN2O3. The third-order valence-electron chi connectivity index (χ3n) is 4.77. The van der Waals surface area contributed by atoms with Gasteiger partial charge in [-0.05, 0) is 60.4 Å². The van der Waals surface area contributed by atoms with E-state index in [-0.39, 0.29) is 5.91 Å². The van der Waals surface area contributed by atoms with Gasteiger partial charge in [-0.1, -0.05) is 60.1 Å². The zero-order valence-corrected chi connectivity index (χ0v) is 20.1. The second-order valence-electron chi connectivity index (χ2n) is 7.64. The van der Waals surface area contributed by atoms with Gasteiger partial charge >= 0.3 is 0 Å². The molecule has 0 saturated carbocycles. The number of amides is 1. The van der Waals surface area contributed by atoms with Crippen LogP contribution in [-0.4, -0.2) is 25.3 Å². The quantitative estimate of drug-likeness (QED) is 0.222. The minimum atomic E-state index is -0.271. The van der Waals surface area contributed by atoms with E-state index in [1.54, 1.807) is 18.3 Å². The minimum Gasteiger partial charge on any atom is -0.490 e. The van der Waals surface area contributed by atoms with Crippen molar-refractivity contribution in [1.82, 2.24) is 5.43 Å². The van der Waals surface area contributed by atoms with E-state index in [1.807, 2.05) is 36.4 Å². The number of rotatable bonds is 9. The number of carbonyl (C=O) groups excluding carboxylic acids is 1. The number of hydrazone groups is 1. The topological polar surface area (TPSA) is 59.9 Å². The maximum Gasteiger partial charge on any atom is 0.271 e. The Morgan fingerprint density at radius 2 is 1.72 bits per heavy atom. The highest BCUT2D eigenvalue weighted by Crippen LogP contribution is 2.27. The molecule has 0 heterocycles. The molecule has 0 radical (unpaired) electrons. The zero-order chi connectivity index (χ0) is 22.9. The highest BCUT2D eigenvalue weighted by Gasteiger charge is 2.09. The summed E-state index contributed by atoms with van der Waals surface area (Å²) in [5.74, 6) is 1.66. The molecule has 3 aromatic carbocycles. The molecule has 0 atom stereocenters. The minimum absolute atomic E-state index is 0.271. The molecule has 0 aliphatic heterocycles. The zero-order valence-electron chi connectivity index (χ0n) is 18.5. The summed E-state index contributed by atoms with van der Waals surface area (Å²) in [5.41, 5.74) is 6.17. The normalized spacial score (nSPS) is 11.0. The van der Waals surface area contributed by atoms with E-state index in [4.69, 9.17) is 9.47 Å². The fourth-order valence-electron chi connectivity index (χ4n) is 3.11. The SMILES string of the molecule is Cc1ccc(C(C)C)c(OCCOc2ccc(Br)cc2/C=N/NC(=O)c2ccccc2)c1. The number of hydrogen-bond donors (Lipinski definition) is 1. The number of halogens is 1. The Morgan fingerprint density at radius 3 is 2.44 bits per heavy atom. The van der Waals surface area contributed by atoms with Gasteiger partial charge in [0.15, 0.2) is 0 Å². The Kier molecular flexibility index (Phi) is 8.45. The second-order valence-corrected chi connectivity index (χ2v) is 8.56. The first kappa shape index (κ1) is 23.5. The molecule has 0 aromatic heterocycles. The standard InChI is InChI=1S/C26H27BrN2O3/c1-18(2)23-11-9-19(3)15-25(23)32-14-13-31-24-12-10-22(27)16-21(24)17-28-29-26(30)20-7-5-4-6-8-20/h4-12,15-18H,13-14H2,1-3H3,(H,29,30)/b28-17+. The molecule has 0 spiro atoms. The van der Waals surface area contributed by atoms with Gasteiger partial charge in [-0.15, -0.1) is 0 Å². The van der Waals surface area contributed by atoms with Crippen molar-refractivity contribution in [3.05, 3.63) is 93.5 Å². The Bertz CT molecular complexity index is 1080. The van der Waals surface area contributed by atoms with Crippen LogP contribution in [0.5, 0.6) is 11.5 Å². The monoisotopic (exact) mass is 494 g/mol. The molecule has 1 amide bonds. The van der Waals surface area contributed by atoms with Gasteiger partial charge in [0.1, 0.15) is 24.7 Å². The third-order valence-corrected chi connectivity index (χ3v) is 5.26. The van der Waals surface area contributed by atoms with Crippen LogP contribution < -0.4 is 14.9 Å². The van der Waals surface area contributed by atoms with Crippen molar-refractivity contribution in [2.24, 2.45) is 5.10 Å². The fourth-order valence-corrected chi connectivity index (χ4v) is 3.49. The van der Waals surface area contributed by atoms with Crippen molar-refractivity contribution in [3.63, 3.8) is 0 Å². The number of nitrogens with zero attached hydrogens (tertiary/aromatic N) is 1. The first-order valence-corrected chi connectivity index (χ1v) is 11.3. The number of nitrogens with one attached hydrogen (secondary N) is 1. The van der Waals surface area contributed by atoms with E-state index in [2.05, 4.69) is 65.4 Å².